The molecule has 0 rings (SSSR count). The Kier molecular flexibility index (Phi) is 9.80. The zero-order valence-electron chi connectivity index (χ0n) is 16.3. The first-order valence-corrected chi connectivity index (χ1v) is 9.02. The molecule has 0 bridgehead atoms. The number of rotatable bonds is 10. The Balaban J connectivity index is 4.73. The first-order chi connectivity index (χ1) is 9.53. The molecule has 1 N–H and O–H groups in total. The van der Waals surface area contributed by atoms with Gasteiger partial charge in [0.1, 0.15) is 0 Å². The minimum atomic E-state index is 0.203. The minimum Gasteiger partial charge on any atom is -0.311 e. The molecule has 0 heterocycles. The van der Waals surface area contributed by atoms with Crippen molar-refractivity contribution < 1.29 is 0 Å². The van der Waals surface area contributed by atoms with E-state index < -0.39 is 0 Å². The van der Waals surface area contributed by atoms with Gasteiger partial charge in [0.05, 0.1) is 0 Å². The lowest BCUT2D eigenvalue weighted by molar-refractivity contribution is 0.130. The molecule has 0 aromatic carbocycles. The van der Waals surface area contributed by atoms with Crippen molar-refractivity contribution in [3.63, 3.8) is 0 Å². The van der Waals surface area contributed by atoms with Crippen molar-refractivity contribution >= 4 is 0 Å². The largest absolute Gasteiger partial charge is 0.311 e. The van der Waals surface area contributed by atoms with E-state index in [1.54, 1.807) is 0 Å². The maximum absolute atomic E-state index is 3.72. The molecule has 0 aliphatic heterocycles. The van der Waals surface area contributed by atoms with Crippen molar-refractivity contribution in [2.75, 3.05) is 19.6 Å². The van der Waals surface area contributed by atoms with Gasteiger partial charge < -0.3 is 5.32 Å². The Bertz CT molecular complexity index is 239. The van der Waals surface area contributed by atoms with Crippen LogP contribution in [-0.2, 0) is 0 Å². The van der Waals surface area contributed by atoms with Crippen LogP contribution in [0.25, 0.3) is 0 Å². The summed E-state index contributed by atoms with van der Waals surface area (Å²) >= 11 is 0. The highest BCUT2D eigenvalue weighted by Gasteiger charge is 2.23. The molecule has 0 aliphatic rings. The van der Waals surface area contributed by atoms with Crippen molar-refractivity contribution in [1.82, 2.24) is 10.2 Å². The van der Waals surface area contributed by atoms with Crippen LogP contribution in [0.5, 0.6) is 0 Å². The Hall–Kier alpha value is -0.0800. The number of nitrogens with one attached hydrogen (secondary N) is 1. The Morgan fingerprint density at radius 1 is 0.810 bits per heavy atom. The molecule has 0 spiro atoms. The molecule has 0 saturated carbocycles. The Morgan fingerprint density at radius 3 is 1.52 bits per heavy atom. The van der Waals surface area contributed by atoms with Crippen LogP contribution in [0.15, 0.2) is 0 Å². The quantitative estimate of drug-likeness (QED) is 0.623. The highest BCUT2D eigenvalue weighted by molar-refractivity contribution is 4.81. The molecule has 0 fully saturated rings. The fourth-order valence-corrected chi connectivity index (χ4v) is 2.49. The monoisotopic (exact) mass is 298 g/mol. The number of hydrogen-bond donors (Lipinski definition) is 1. The van der Waals surface area contributed by atoms with E-state index in [0.29, 0.717) is 12.0 Å². The van der Waals surface area contributed by atoms with E-state index in [0.717, 1.165) is 18.4 Å². The second kappa shape index (κ2) is 9.84. The standard InChI is InChI=1S/C19H42N2/c1-15(2)10-12-21(13-11-16(3)4)18(17(5)6)14-20-19(7,8)9/h15-18,20H,10-14H2,1-9H3. The van der Waals surface area contributed by atoms with E-state index in [-0.39, 0.29) is 5.54 Å². The second-order valence-corrected chi connectivity index (χ2v) is 8.84. The van der Waals surface area contributed by atoms with E-state index in [1.165, 1.54) is 25.9 Å². The van der Waals surface area contributed by atoms with Crippen LogP contribution in [0.4, 0.5) is 0 Å². The van der Waals surface area contributed by atoms with E-state index in [9.17, 15) is 0 Å². The van der Waals surface area contributed by atoms with Gasteiger partial charge in [-0.1, -0.05) is 41.5 Å². The van der Waals surface area contributed by atoms with Gasteiger partial charge in [-0.15, -0.1) is 0 Å². The molecule has 0 amide bonds. The number of nitrogens with zero attached hydrogens (tertiary/aromatic N) is 1. The molecule has 128 valence electrons. The summed E-state index contributed by atoms with van der Waals surface area (Å²) in [6, 6.07) is 0.640. The zero-order valence-corrected chi connectivity index (χ0v) is 16.3. The maximum Gasteiger partial charge on any atom is 0.0243 e. The average Bonchev–Trinajstić information content (AvgIpc) is 2.29. The lowest BCUT2D eigenvalue weighted by Gasteiger charge is -2.37. The summed E-state index contributed by atoms with van der Waals surface area (Å²) in [7, 11) is 0. The normalized spacial score (nSPS) is 14.7. The van der Waals surface area contributed by atoms with Gasteiger partial charge in [-0.3, -0.25) is 4.90 Å². The van der Waals surface area contributed by atoms with Crippen LogP contribution < -0.4 is 5.32 Å². The summed E-state index contributed by atoms with van der Waals surface area (Å²) < 4.78 is 0. The summed E-state index contributed by atoms with van der Waals surface area (Å²) in [6.07, 6.45) is 2.60. The lowest BCUT2D eigenvalue weighted by Crippen LogP contribution is -2.50. The van der Waals surface area contributed by atoms with Crippen molar-refractivity contribution in [2.24, 2.45) is 17.8 Å². The molecule has 2 heteroatoms. The molecule has 2 nitrogen and oxygen atoms in total. The van der Waals surface area contributed by atoms with Gasteiger partial charge in [0.2, 0.25) is 0 Å². The third-order valence-corrected chi connectivity index (χ3v) is 4.07. The predicted octanol–water partition coefficient (Wildman–Crippen LogP) is 4.79. The summed E-state index contributed by atoms with van der Waals surface area (Å²) in [4.78, 5) is 2.74. The highest BCUT2D eigenvalue weighted by Crippen LogP contribution is 2.16. The van der Waals surface area contributed by atoms with Gasteiger partial charge in [0.25, 0.3) is 0 Å². The molecule has 1 unspecified atom stereocenters. The van der Waals surface area contributed by atoms with E-state index >= 15 is 0 Å². The van der Waals surface area contributed by atoms with Crippen molar-refractivity contribution in [2.45, 2.75) is 86.7 Å². The summed E-state index contributed by atoms with van der Waals surface area (Å²) in [5.74, 6) is 2.27. The molecule has 1 atom stereocenters. The summed E-state index contributed by atoms with van der Waals surface area (Å²) in [5.41, 5.74) is 0.203. The summed E-state index contributed by atoms with van der Waals surface area (Å²) in [5, 5.41) is 3.72. The topological polar surface area (TPSA) is 15.3 Å². The van der Waals surface area contributed by atoms with E-state index in [1.807, 2.05) is 0 Å². The number of hydrogen-bond acceptors (Lipinski definition) is 2. The van der Waals surface area contributed by atoms with Crippen LogP contribution in [0.1, 0.15) is 75.2 Å². The molecule has 0 aromatic heterocycles. The molecule has 0 saturated heterocycles. The van der Waals surface area contributed by atoms with Gasteiger partial charge >= 0.3 is 0 Å². The summed E-state index contributed by atoms with van der Waals surface area (Å²) in [6.45, 7) is 24.4. The first kappa shape index (κ1) is 20.9. The maximum atomic E-state index is 3.72. The first-order valence-electron chi connectivity index (χ1n) is 9.02. The molecular weight excluding hydrogens is 256 g/mol. The van der Waals surface area contributed by atoms with Gasteiger partial charge in [-0.25, -0.2) is 0 Å². The molecule has 0 radical (unpaired) electrons. The van der Waals surface area contributed by atoms with Gasteiger partial charge in [0.15, 0.2) is 0 Å². The average molecular weight is 299 g/mol. The van der Waals surface area contributed by atoms with Gasteiger partial charge in [0, 0.05) is 18.1 Å². The van der Waals surface area contributed by atoms with E-state index in [4.69, 9.17) is 0 Å². The lowest BCUT2D eigenvalue weighted by atomic mass is 9.98. The Morgan fingerprint density at radius 2 is 1.24 bits per heavy atom. The van der Waals surface area contributed by atoms with Gasteiger partial charge in [-0.05, 0) is 64.5 Å². The molecule has 0 aromatic rings. The van der Waals surface area contributed by atoms with Crippen molar-refractivity contribution in [1.29, 1.82) is 0 Å². The smallest absolute Gasteiger partial charge is 0.0243 e. The van der Waals surface area contributed by atoms with Crippen molar-refractivity contribution in [3.8, 4) is 0 Å². The van der Waals surface area contributed by atoms with Crippen LogP contribution in [0, 0.1) is 17.8 Å². The third-order valence-electron chi connectivity index (χ3n) is 4.07. The predicted molar refractivity (Wildman–Crippen MR) is 96.9 cm³/mol. The molecule has 21 heavy (non-hydrogen) atoms. The van der Waals surface area contributed by atoms with Crippen LogP contribution in [-0.4, -0.2) is 36.1 Å². The van der Waals surface area contributed by atoms with Crippen molar-refractivity contribution in [3.05, 3.63) is 0 Å². The molecular formula is C19H42N2. The minimum absolute atomic E-state index is 0.203. The van der Waals surface area contributed by atoms with Crippen LogP contribution in [0.3, 0.4) is 0 Å². The van der Waals surface area contributed by atoms with Crippen LogP contribution in [0.2, 0.25) is 0 Å². The fraction of sp³-hybridized carbons (Fsp3) is 1.00. The third kappa shape index (κ3) is 11.2. The highest BCUT2D eigenvalue weighted by atomic mass is 15.2. The fourth-order valence-electron chi connectivity index (χ4n) is 2.49. The van der Waals surface area contributed by atoms with Crippen LogP contribution >= 0.6 is 0 Å². The van der Waals surface area contributed by atoms with E-state index in [2.05, 4.69) is 72.5 Å². The SMILES string of the molecule is CC(C)CCN(CCC(C)C)C(CNC(C)(C)C)C(C)C. The molecule has 0 aliphatic carbocycles. The zero-order chi connectivity index (χ0) is 16.6. The second-order valence-electron chi connectivity index (χ2n) is 8.84. The van der Waals surface area contributed by atoms with Gasteiger partial charge in [-0.2, -0.15) is 0 Å². The Labute approximate surface area is 135 Å².